The van der Waals surface area contributed by atoms with Crippen molar-refractivity contribution < 1.29 is 4.52 Å². The molecule has 2 aromatic carbocycles. The van der Waals surface area contributed by atoms with E-state index in [4.69, 9.17) is 10.3 Å². The number of benzene rings is 2. The molecular formula is C24H26N4O. The van der Waals surface area contributed by atoms with Crippen molar-refractivity contribution in [3.8, 4) is 11.1 Å². The number of hydrogen-bond acceptors (Lipinski definition) is 5. The Bertz CT molecular complexity index is 1180. The van der Waals surface area contributed by atoms with Gasteiger partial charge in [-0.1, -0.05) is 56.3 Å². The molecular weight excluding hydrogens is 360 g/mol. The van der Waals surface area contributed by atoms with Gasteiger partial charge in [0.25, 0.3) is 0 Å². The molecule has 0 amide bonds. The van der Waals surface area contributed by atoms with Crippen LogP contribution in [0.5, 0.6) is 0 Å². The van der Waals surface area contributed by atoms with Gasteiger partial charge in [-0.25, -0.2) is 0 Å². The third-order valence-corrected chi connectivity index (χ3v) is 5.22. The maximum absolute atomic E-state index is 6.32. The summed E-state index contributed by atoms with van der Waals surface area (Å²) in [4.78, 5) is 4.57. The van der Waals surface area contributed by atoms with Crippen LogP contribution in [0.2, 0.25) is 0 Å². The molecule has 0 unspecified atom stereocenters. The van der Waals surface area contributed by atoms with Gasteiger partial charge >= 0.3 is 0 Å². The van der Waals surface area contributed by atoms with E-state index in [0.29, 0.717) is 5.69 Å². The van der Waals surface area contributed by atoms with Gasteiger partial charge in [0.2, 0.25) is 0 Å². The smallest absolute Gasteiger partial charge is 0.141 e. The number of hydrogen-bond donors (Lipinski definition) is 2. The number of para-hydroxylation sites is 1. The summed E-state index contributed by atoms with van der Waals surface area (Å²) in [7, 11) is 0. The lowest BCUT2D eigenvalue weighted by atomic mass is 9.85. The summed E-state index contributed by atoms with van der Waals surface area (Å²) < 4.78 is 5.33. The van der Waals surface area contributed by atoms with Gasteiger partial charge in [-0.15, -0.1) is 0 Å². The van der Waals surface area contributed by atoms with Crippen LogP contribution >= 0.6 is 0 Å². The van der Waals surface area contributed by atoms with Crippen molar-refractivity contribution in [1.29, 1.82) is 0 Å². The van der Waals surface area contributed by atoms with Crippen LogP contribution in [-0.4, -0.2) is 10.1 Å². The highest BCUT2D eigenvalue weighted by Crippen LogP contribution is 2.37. The average molecular weight is 386 g/mol. The summed E-state index contributed by atoms with van der Waals surface area (Å²) >= 11 is 0. The number of nitrogen functional groups attached to an aromatic ring is 1. The van der Waals surface area contributed by atoms with E-state index in [-0.39, 0.29) is 5.41 Å². The van der Waals surface area contributed by atoms with Crippen LogP contribution in [0.1, 0.15) is 37.8 Å². The van der Waals surface area contributed by atoms with Gasteiger partial charge in [0, 0.05) is 16.6 Å². The SMILES string of the molecule is Cc1noc(C)c1-c1ccc2c(Nc3ccccc3C(C)(C)C)c(N)cnc2c1. The lowest BCUT2D eigenvalue weighted by Crippen LogP contribution is -2.14. The minimum absolute atomic E-state index is 0.0116. The van der Waals surface area contributed by atoms with Crippen LogP contribution in [-0.2, 0) is 5.41 Å². The van der Waals surface area contributed by atoms with Gasteiger partial charge in [-0.05, 0) is 42.5 Å². The molecule has 4 aromatic rings. The number of nitrogens with one attached hydrogen (secondary N) is 1. The Kier molecular flexibility index (Phi) is 4.53. The first-order chi connectivity index (χ1) is 13.8. The molecule has 2 aromatic heterocycles. The molecule has 29 heavy (non-hydrogen) atoms. The molecule has 0 atom stereocenters. The summed E-state index contributed by atoms with van der Waals surface area (Å²) in [6.07, 6.45) is 1.71. The fourth-order valence-electron chi connectivity index (χ4n) is 3.78. The Morgan fingerprint density at radius 1 is 1.03 bits per heavy atom. The average Bonchev–Trinajstić information content (AvgIpc) is 3.01. The second-order valence-electron chi connectivity index (χ2n) is 8.44. The van der Waals surface area contributed by atoms with Gasteiger partial charge in [-0.3, -0.25) is 4.98 Å². The molecule has 0 radical (unpaired) electrons. The molecule has 0 aliphatic heterocycles. The Balaban J connectivity index is 1.83. The molecule has 0 aliphatic carbocycles. The van der Waals surface area contributed by atoms with Crippen molar-refractivity contribution in [1.82, 2.24) is 10.1 Å². The minimum atomic E-state index is 0.0116. The van der Waals surface area contributed by atoms with Crippen LogP contribution in [0.25, 0.3) is 22.0 Å². The molecule has 0 aliphatic rings. The predicted molar refractivity (Wildman–Crippen MR) is 120 cm³/mol. The fourth-order valence-corrected chi connectivity index (χ4v) is 3.78. The van der Waals surface area contributed by atoms with Gasteiger partial charge < -0.3 is 15.6 Å². The normalized spacial score (nSPS) is 11.8. The Morgan fingerprint density at radius 2 is 1.79 bits per heavy atom. The van der Waals surface area contributed by atoms with E-state index >= 15 is 0 Å². The summed E-state index contributed by atoms with van der Waals surface area (Å²) in [5.41, 5.74) is 13.9. The predicted octanol–water partition coefficient (Wildman–Crippen LogP) is 6.13. The van der Waals surface area contributed by atoms with Crippen LogP contribution in [0.15, 0.2) is 53.2 Å². The topological polar surface area (TPSA) is 77.0 Å². The minimum Gasteiger partial charge on any atom is -0.396 e. The zero-order valence-electron chi connectivity index (χ0n) is 17.5. The largest absolute Gasteiger partial charge is 0.396 e. The summed E-state index contributed by atoms with van der Waals surface area (Å²) in [6.45, 7) is 10.5. The molecule has 148 valence electrons. The van der Waals surface area contributed by atoms with E-state index in [9.17, 15) is 0 Å². The van der Waals surface area contributed by atoms with Crippen LogP contribution in [0.3, 0.4) is 0 Å². The quantitative estimate of drug-likeness (QED) is 0.443. The molecule has 4 rings (SSSR count). The highest BCUT2D eigenvalue weighted by atomic mass is 16.5. The molecule has 3 N–H and O–H groups in total. The molecule has 0 bridgehead atoms. The number of pyridine rings is 1. The van der Waals surface area contributed by atoms with E-state index in [2.05, 4.69) is 72.6 Å². The third-order valence-electron chi connectivity index (χ3n) is 5.22. The van der Waals surface area contributed by atoms with Crippen molar-refractivity contribution in [2.45, 2.75) is 40.0 Å². The van der Waals surface area contributed by atoms with Crippen molar-refractivity contribution in [2.75, 3.05) is 11.1 Å². The lowest BCUT2D eigenvalue weighted by Gasteiger charge is -2.24. The van der Waals surface area contributed by atoms with E-state index in [1.807, 2.05) is 19.9 Å². The molecule has 0 spiro atoms. The summed E-state index contributed by atoms with van der Waals surface area (Å²) in [5, 5.41) is 8.61. The highest BCUT2D eigenvalue weighted by Gasteiger charge is 2.19. The van der Waals surface area contributed by atoms with Gasteiger partial charge in [-0.2, -0.15) is 0 Å². The molecule has 5 nitrogen and oxygen atoms in total. The van der Waals surface area contributed by atoms with Gasteiger partial charge in [0.1, 0.15) is 5.76 Å². The highest BCUT2D eigenvalue weighted by molar-refractivity contribution is 6.00. The number of nitrogens with two attached hydrogens (primary N) is 1. The number of fused-ring (bicyclic) bond motifs is 1. The summed E-state index contributed by atoms with van der Waals surface area (Å²) in [6, 6.07) is 14.5. The second-order valence-corrected chi connectivity index (χ2v) is 8.44. The molecule has 0 saturated carbocycles. The zero-order valence-corrected chi connectivity index (χ0v) is 17.5. The Hall–Kier alpha value is -3.34. The number of anilines is 3. The molecule has 0 fully saturated rings. The van der Waals surface area contributed by atoms with Crippen molar-refractivity contribution in [2.24, 2.45) is 0 Å². The van der Waals surface area contributed by atoms with Gasteiger partial charge in [0.05, 0.1) is 28.8 Å². The standard InChI is InChI=1S/C24H26N4O/c1-14-22(15(2)29-28-14)16-10-11-17-21(12-16)26-13-19(25)23(17)27-20-9-7-6-8-18(20)24(3,4)5/h6-13H,25H2,1-5H3,(H,26,27). The number of aryl methyl sites for hydroxylation is 2. The van der Waals surface area contributed by atoms with Crippen molar-refractivity contribution in [3.05, 3.63) is 65.7 Å². The number of aromatic nitrogens is 2. The van der Waals surface area contributed by atoms with E-state index in [1.165, 1.54) is 5.56 Å². The first kappa shape index (κ1) is 19.0. The van der Waals surface area contributed by atoms with E-state index in [0.717, 1.165) is 44.9 Å². The Morgan fingerprint density at radius 3 is 2.48 bits per heavy atom. The maximum Gasteiger partial charge on any atom is 0.141 e. The maximum atomic E-state index is 6.32. The molecule has 0 saturated heterocycles. The van der Waals surface area contributed by atoms with Crippen LogP contribution < -0.4 is 11.1 Å². The lowest BCUT2D eigenvalue weighted by molar-refractivity contribution is 0.393. The Labute approximate surface area is 170 Å². The van der Waals surface area contributed by atoms with E-state index < -0.39 is 0 Å². The van der Waals surface area contributed by atoms with Crippen LogP contribution in [0, 0.1) is 13.8 Å². The third kappa shape index (κ3) is 3.44. The van der Waals surface area contributed by atoms with Crippen LogP contribution in [0.4, 0.5) is 17.1 Å². The monoisotopic (exact) mass is 386 g/mol. The van der Waals surface area contributed by atoms with Crippen molar-refractivity contribution >= 4 is 28.0 Å². The number of rotatable bonds is 3. The molecule has 5 heteroatoms. The first-order valence-electron chi connectivity index (χ1n) is 9.73. The second kappa shape index (κ2) is 6.92. The first-order valence-corrected chi connectivity index (χ1v) is 9.73. The van der Waals surface area contributed by atoms with Crippen molar-refractivity contribution in [3.63, 3.8) is 0 Å². The zero-order chi connectivity index (χ0) is 20.8. The number of nitrogens with zero attached hydrogens (tertiary/aromatic N) is 2. The van der Waals surface area contributed by atoms with Gasteiger partial charge in [0.15, 0.2) is 0 Å². The van der Waals surface area contributed by atoms with E-state index in [1.54, 1.807) is 6.20 Å². The summed E-state index contributed by atoms with van der Waals surface area (Å²) in [5.74, 6) is 0.801. The fraction of sp³-hybridized carbons (Fsp3) is 0.250. The molecule has 2 heterocycles.